The summed E-state index contributed by atoms with van der Waals surface area (Å²) in [6.07, 6.45) is 5.11. The highest BCUT2D eigenvalue weighted by Crippen LogP contribution is 2.15. The average molecular weight is 272 g/mol. The van der Waals surface area contributed by atoms with E-state index in [1.54, 1.807) is 12.4 Å². The maximum Gasteiger partial charge on any atom is 0.220 e. The van der Waals surface area contributed by atoms with Gasteiger partial charge in [-0.2, -0.15) is 0 Å². The molecule has 0 fully saturated rings. The average Bonchev–Trinajstić information content (AvgIpc) is 2.46. The van der Waals surface area contributed by atoms with Gasteiger partial charge < -0.3 is 15.4 Å². The van der Waals surface area contributed by atoms with Crippen molar-refractivity contribution in [1.29, 1.82) is 0 Å². The molecule has 0 spiro atoms. The molecule has 0 aliphatic heterocycles. The van der Waals surface area contributed by atoms with Crippen LogP contribution in [-0.4, -0.2) is 30.7 Å². The quantitative estimate of drug-likeness (QED) is 0.816. The highest BCUT2D eigenvalue weighted by molar-refractivity contribution is 5.47. The van der Waals surface area contributed by atoms with Crippen LogP contribution in [0.15, 0.2) is 36.7 Å². The Labute approximate surface area is 119 Å². The van der Waals surface area contributed by atoms with Crippen LogP contribution in [0.25, 0.3) is 0 Å². The molecule has 0 saturated heterocycles. The zero-order chi connectivity index (χ0) is 14.4. The maximum absolute atomic E-state index is 5.57. The van der Waals surface area contributed by atoms with Gasteiger partial charge in [-0.15, -0.1) is 0 Å². The molecule has 1 heterocycles. The number of hydrogen-bond donors (Lipinski definition) is 1. The second-order valence-electron chi connectivity index (χ2n) is 4.79. The van der Waals surface area contributed by atoms with E-state index in [-0.39, 0.29) is 5.95 Å². The number of hydrogen-bond acceptors (Lipinski definition) is 5. The molecule has 0 amide bonds. The molecule has 5 nitrogen and oxygen atoms in total. The molecule has 0 atom stereocenters. The molecule has 0 saturated carbocycles. The number of nitrogens with zero attached hydrogens (tertiary/aromatic N) is 3. The van der Waals surface area contributed by atoms with Gasteiger partial charge in [0.25, 0.3) is 0 Å². The number of anilines is 2. The minimum atomic E-state index is 0.262. The fourth-order valence-electron chi connectivity index (χ4n) is 1.86. The van der Waals surface area contributed by atoms with E-state index < -0.39 is 0 Å². The molecule has 1 aromatic heterocycles. The third-order valence-corrected chi connectivity index (χ3v) is 2.95. The van der Waals surface area contributed by atoms with Gasteiger partial charge in [-0.1, -0.05) is 12.1 Å². The summed E-state index contributed by atoms with van der Waals surface area (Å²) in [5.74, 6) is 0.916. The van der Waals surface area contributed by atoms with Crippen LogP contribution in [0.5, 0.6) is 5.75 Å². The topological polar surface area (TPSA) is 64.3 Å². The Balaban J connectivity index is 1.78. The van der Waals surface area contributed by atoms with Crippen molar-refractivity contribution >= 4 is 11.6 Å². The lowest BCUT2D eigenvalue weighted by atomic mass is 10.1. The molecule has 0 radical (unpaired) electrons. The van der Waals surface area contributed by atoms with Crippen LogP contribution in [0.1, 0.15) is 12.0 Å². The summed E-state index contributed by atoms with van der Waals surface area (Å²) < 4.78 is 5.57. The van der Waals surface area contributed by atoms with Crippen molar-refractivity contribution in [2.75, 3.05) is 31.3 Å². The molecule has 0 aliphatic rings. The van der Waals surface area contributed by atoms with E-state index in [4.69, 9.17) is 10.5 Å². The fraction of sp³-hybridized carbons (Fsp3) is 0.333. The zero-order valence-electron chi connectivity index (χ0n) is 11.9. The Kier molecular flexibility index (Phi) is 4.76. The highest BCUT2D eigenvalue weighted by atomic mass is 16.5. The predicted octanol–water partition coefficient (Wildman–Crippen LogP) is 2.14. The minimum Gasteiger partial charge on any atom is -0.490 e. The van der Waals surface area contributed by atoms with Crippen molar-refractivity contribution in [3.8, 4) is 5.75 Å². The number of rotatable bonds is 6. The fourth-order valence-corrected chi connectivity index (χ4v) is 1.86. The molecule has 20 heavy (non-hydrogen) atoms. The molecule has 0 aliphatic carbocycles. The number of aryl methyl sites for hydroxylation is 1. The van der Waals surface area contributed by atoms with Crippen LogP contribution >= 0.6 is 0 Å². The molecule has 0 bridgehead atoms. The van der Waals surface area contributed by atoms with E-state index in [9.17, 15) is 0 Å². The summed E-state index contributed by atoms with van der Waals surface area (Å²) in [7, 11) is 4.09. The van der Waals surface area contributed by atoms with Crippen molar-refractivity contribution in [2.24, 2.45) is 0 Å². The van der Waals surface area contributed by atoms with Crippen LogP contribution < -0.4 is 15.4 Å². The number of aromatic nitrogens is 2. The van der Waals surface area contributed by atoms with E-state index in [2.05, 4.69) is 39.1 Å². The Hall–Kier alpha value is -2.30. The van der Waals surface area contributed by atoms with Crippen molar-refractivity contribution in [3.63, 3.8) is 0 Å². The minimum absolute atomic E-state index is 0.262. The summed E-state index contributed by atoms with van der Waals surface area (Å²) in [5, 5.41) is 0. The first kappa shape index (κ1) is 14.1. The monoisotopic (exact) mass is 272 g/mol. The standard InChI is InChI=1S/C15H20N4O/c1-19(2)13-7-3-5-12(9-13)6-4-8-20-14-10-17-15(16)18-11-14/h3,5,7,9-11H,4,6,8H2,1-2H3,(H2,16,17,18). The summed E-state index contributed by atoms with van der Waals surface area (Å²) >= 11 is 0. The van der Waals surface area contributed by atoms with Crippen molar-refractivity contribution in [2.45, 2.75) is 12.8 Å². The van der Waals surface area contributed by atoms with Crippen LogP contribution in [-0.2, 0) is 6.42 Å². The van der Waals surface area contributed by atoms with E-state index in [0.29, 0.717) is 12.4 Å². The van der Waals surface area contributed by atoms with Crippen molar-refractivity contribution in [1.82, 2.24) is 9.97 Å². The Morgan fingerprint density at radius 1 is 1.20 bits per heavy atom. The first-order valence-electron chi connectivity index (χ1n) is 6.62. The second-order valence-corrected chi connectivity index (χ2v) is 4.79. The molecule has 2 rings (SSSR count). The van der Waals surface area contributed by atoms with E-state index >= 15 is 0 Å². The van der Waals surface area contributed by atoms with Gasteiger partial charge in [0, 0.05) is 19.8 Å². The number of benzene rings is 1. The van der Waals surface area contributed by atoms with Gasteiger partial charge in [0.15, 0.2) is 5.75 Å². The molecular formula is C15H20N4O. The molecule has 5 heteroatoms. The van der Waals surface area contributed by atoms with Gasteiger partial charge in [0.2, 0.25) is 5.95 Å². The predicted molar refractivity (Wildman–Crippen MR) is 81.0 cm³/mol. The lowest BCUT2D eigenvalue weighted by Crippen LogP contribution is -2.08. The van der Waals surface area contributed by atoms with E-state index in [1.165, 1.54) is 11.3 Å². The summed E-state index contributed by atoms with van der Waals surface area (Å²) in [6.45, 7) is 0.638. The summed E-state index contributed by atoms with van der Waals surface area (Å²) in [5.41, 5.74) is 7.95. The van der Waals surface area contributed by atoms with E-state index in [1.807, 2.05) is 14.1 Å². The Morgan fingerprint density at radius 3 is 2.65 bits per heavy atom. The van der Waals surface area contributed by atoms with Crippen LogP contribution in [0.4, 0.5) is 11.6 Å². The SMILES string of the molecule is CN(C)c1cccc(CCCOc2cnc(N)nc2)c1. The van der Waals surface area contributed by atoms with Crippen LogP contribution in [0.2, 0.25) is 0 Å². The number of nitrogens with two attached hydrogens (primary N) is 1. The zero-order valence-corrected chi connectivity index (χ0v) is 11.9. The van der Waals surface area contributed by atoms with Gasteiger partial charge in [-0.25, -0.2) is 9.97 Å². The molecule has 1 aromatic carbocycles. The lowest BCUT2D eigenvalue weighted by molar-refractivity contribution is 0.308. The normalized spacial score (nSPS) is 10.3. The molecule has 2 aromatic rings. The lowest BCUT2D eigenvalue weighted by Gasteiger charge is -2.13. The summed E-state index contributed by atoms with van der Waals surface area (Å²) in [6, 6.07) is 8.52. The third-order valence-electron chi connectivity index (χ3n) is 2.95. The first-order chi connectivity index (χ1) is 9.65. The van der Waals surface area contributed by atoms with Crippen LogP contribution in [0.3, 0.4) is 0 Å². The third kappa shape index (κ3) is 4.12. The largest absolute Gasteiger partial charge is 0.490 e. The van der Waals surface area contributed by atoms with E-state index in [0.717, 1.165) is 12.8 Å². The van der Waals surface area contributed by atoms with Gasteiger partial charge in [-0.3, -0.25) is 0 Å². The Morgan fingerprint density at radius 2 is 1.95 bits per heavy atom. The highest BCUT2D eigenvalue weighted by Gasteiger charge is 1.99. The first-order valence-corrected chi connectivity index (χ1v) is 6.62. The number of nitrogen functional groups attached to an aromatic ring is 1. The van der Waals surface area contributed by atoms with Gasteiger partial charge >= 0.3 is 0 Å². The second kappa shape index (κ2) is 6.75. The van der Waals surface area contributed by atoms with Gasteiger partial charge in [-0.05, 0) is 30.5 Å². The van der Waals surface area contributed by atoms with Crippen LogP contribution in [0, 0.1) is 0 Å². The maximum atomic E-state index is 5.57. The van der Waals surface area contributed by atoms with Gasteiger partial charge in [0.05, 0.1) is 19.0 Å². The van der Waals surface area contributed by atoms with Crippen molar-refractivity contribution < 1.29 is 4.74 Å². The molecular weight excluding hydrogens is 252 g/mol. The summed E-state index contributed by atoms with van der Waals surface area (Å²) in [4.78, 5) is 9.87. The van der Waals surface area contributed by atoms with Gasteiger partial charge in [0.1, 0.15) is 0 Å². The van der Waals surface area contributed by atoms with Crippen molar-refractivity contribution in [3.05, 3.63) is 42.2 Å². The molecule has 2 N–H and O–H groups in total. The smallest absolute Gasteiger partial charge is 0.220 e. The molecule has 0 unspecified atom stereocenters. The Bertz CT molecular complexity index is 540. The molecule has 106 valence electrons. The number of ether oxygens (including phenoxy) is 1.